The summed E-state index contributed by atoms with van der Waals surface area (Å²) >= 11 is 0. The van der Waals surface area contributed by atoms with Crippen LogP contribution >= 0.6 is 0 Å². The van der Waals surface area contributed by atoms with Crippen molar-refractivity contribution in [3.8, 4) is 5.75 Å². The number of nitrogens with one attached hydrogen (secondary N) is 1. The molecular formula is C25H32FN3O4S. The van der Waals surface area contributed by atoms with Crippen molar-refractivity contribution in [1.82, 2.24) is 9.62 Å². The van der Waals surface area contributed by atoms with Gasteiger partial charge in [-0.2, -0.15) is 4.31 Å². The number of benzene rings is 2. The summed E-state index contributed by atoms with van der Waals surface area (Å²) in [6.45, 7) is 5.36. The molecule has 4 rings (SSSR count). The Kier molecular flexibility index (Phi) is 7.73. The summed E-state index contributed by atoms with van der Waals surface area (Å²) in [5.74, 6) is 0.554. The molecule has 34 heavy (non-hydrogen) atoms. The van der Waals surface area contributed by atoms with Crippen LogP contribution in [0.3, 0.4) is 0 Å². The van der Waals surface area contributed by atoms with Crippen LogP contribution in [-0.2, 0) is 14.8 Å². The van der Waals surface area contributed by atoms with Gasteiger partial charge in [0.15, 0.2) is 0 Å². The fourth-order valence-electron chi connectivity index (χ4n) is 4.66. The molecule has 1 amide bonds. The van der Waals surface area contributed by atoms with E-state index in [0.717, 1.165) is 25.2 Å². The van der Waals surface area contributed by atoms with Gasteiger partial charge in [-0.3, -0.25) is 4.79 Å². The lowest BCUT2D eigenvalue weighted by atomic mass is 9.97. The number of anilines is 1. The number of hydrogen-bond donors (Lipinski definition) is 1. The molecule has 0 aliphatic carbocycles. The molecule has 1 atom stereocenters. The third-order valence-corrected chi connectivity index (χ3v) is 8.55. The fourth-order valence-corrected chi connectivity index (χ4v) is 6.13. The zero-order chi connectivity index (χ0) is 24.1. The molecule has 2 fully saturated rings. The number of nitrogens with zero attached hydrogens (tertiary/aromatic N) is 2. The first-order valence-electron chi connectivity index (χ1n) is 11.9. The predicted octanol–water partition coefficient (Wildman–Crippen LogP) is 3.27. The number of amides is 1. The van der Waals surface area contributed by atoms with Crippen molar-refractivity contribution in [3.05, 3.63) is 54.3 Å². The first-order chi connectivity index (χ1) is 16.4. The molecule has 2 aliphatic heterocycles. The van der Waals surface area contributed by atoms with Crippen molar-refractivity contribution in [1.29, 1.82) is 0 Å². The number of rotatable bonds is 8. The van der Waals surface area contributed by atoms with Gasteiger partial charge in [0.2, 0.25) is 15.9 Å². The van der Waals surface area contributed by atoms with E-state index in [0.29, 0.717) is 50.8 Å². The second-order valence-electron chi connectivity index (χ2n) is 8.91. The highest BCUT2D eigenvalue weighted by Crippen LogP contribution is 2.26. The first-order valence-corrected chi connectivity index (χ1v) is 13.3. The number of halogens is 1. The van der Waals surface area contributed by atoms with Crippen LogP contribution in [0.15, 0.2) is 53.4 Å². The number of ether oxygens (including phenoxy) is 1. The summed E-state index contributed by atoms with van der Waals surface area (Å²) in [5, 5.41) is 3.07. The Hall–Kier alpha value is -2.65. The third kappa shape index (κ3) is 5.70. The Labute approximate surface area is 200 Å². The zero-order valence-corrected chi connectivity index (χ0v) is 20.3. The van der Waals surface area contributed by atoms with E-state index in [-0.39, 0.29) is 22.5 Å². The van der Waals surface area contributed by atoms with Gasteiger partial charge >= 0.3 is 0 Å². The molecule has 0 radical (unpaired) electrons. The van der Waals surface area contributed by atoms with Gasteiger partial charge < -0.3 is 15.0 Å². The summed E-state index contributed by atoms with van der Waals surface area (Å²) < 4.78 is 45.9. The molecule has 1 N–H and O–H groups in total. The largest absolute Gasteiger partial charge is 0.494 e. The zero-order valence-electron chi connectivity index (χ0n) is 19.5. The van der Waals surface area contributed by atoms with Crippen LogP contribution in [0.4, 0.5) is 10.1 Å². The molecule has 7 nitrogen and oxygen atoms in total. The Morgan fingerprint density at radius 3 is 2.35 bits per heavy atom. The van der Waals surface area contributed by atoms with Crippen molar-refractivity contribution in [3.63, 3.8) is 0 Å². The normalized spacial score (nSPS) is 19.8. The number of carbonyl (C=O) groups is 1. The fraction of sp³-hybridized carbons (Fsp3) is 0.480. The van der Waals surface area contributed by atoms with Gasteiger partial charge in [-0.05, 0) is 80.6 Å². The Bertz CT molecular complexity index is 1070. The van der Waals surface area contributed by atoms with Crippen LogP contribution in [0.5, 0.6) is 5.75 Å². The third-order valence-electron chi connectivity index (χ3n) is 6.64. The van der Waals surface area contributed by atoms with E-state index in [1.807, 2.05) is 6.92 Å². The maximum absolute atomic E-state index is 13.1. The molecule has 184 valence electrons. The molecule has 0 bridgehead atoms. The van der Waals surface area contributed by atoms with E-state index < -0.39 is 10.0 Å². The predicted molar refractivity (Wildman–Crippen MR) is 129 cm³/mol. The van der Waals surface area contributed by atoms with Crippen molar-refractivity contribution < 1.29 is 22.3 Å². The van der Waals surface area contributed by atoms with Crippen molar-refractivity contribution >= 4 is 21.6 Å². The van der Waals surface area contributed by atoms with E-state index in [4.69, 9.17) is 4.74 Å². The second-order valence-corrected chi connectivity index (χ2v) is 10.8. The molecule has 9 heteroatoms. The van der Waals surface area contributed by atoms with Crippen LogP contribution in [0.1, 0.15) is 26.2 Å². The molecule has 1 unspecified atom stereocenters. The van der Waals surface area contributed by atoms with E-state index in [2.05, 4.69) is 10.2 Å². The first kappa shape index (κ1) is 24.5. The minimum Gasteiger partial charge on any atom is -0.494 e. The lowest BCUT2D eigenvalue weighted by molar-refractivity contribution is -0.126. The summed E-state index contributed by atoms with van der Waals surface area (Å²) in [6, 6.07) is 13.0. The van der Waals surface area contributed by atoms with E-state index in [1.165, 1.54) is 16.4 Å². The lowest BCUT2D eigenvalue weighted by Gasteiger charge is -2.30. The van der Waals surface area contributed by atoms with E-state index >= 15 is 0 Å². The minimum atomic E-state index is -3.59. The maximum Gasteiger partial charge on any atom is 0.243 e. The van der Waals surface area contributed by atoms with Gasteiger partial charge in [0.25, 0.3) is 0 Å². The quantitative estimate of drug-likeness (QED) is 0.616. The number of sulfonamides is 1. The number of piperidine rings is 1. The smallest absolute Gasteiger partial charge is 0.243 e. The average molecular weight is 490 g/mol. The molecule has 0 saturated carbocycles. The Morgan fingerprint density at radius 2 is 1.71 bits per heavy atom. The van der Waals surface area contributed by atoms with Crippen LogP contribution in [-0.4, -0.2) is 58.0 Å². The maximum atomic E-state index is 13.1. The topological polar surface area (TPSA) is 79.0 Å². The highest BCUT2D eigenvalue weighted by Gasteiger charge is 2.32. The van der Waals surface area contributed by atoms with Gasteiger partial charge in [-0.15, -0.1) is 0 Å². The minimum absolute atomic E-state index is 0.00153. The summed E-state index contributed by atoms with van der Waals surface area (Å²) in [7, 11) is -3.59. The standard InChI is InChI=1S/C25H32FN3O4S/c1-2-33-23-7-9-24(10-8-23)34(31,32)29-15-12-20(13-16-29)25(30)27-17-19-11-14-28(18-19)22-5-3-21(26)4-6-22/h3-10,19-20H,2,11-18H2,1H3,(H,27,30). The average Bonchev–Trinajstić information content (AvgIpc) is 3.33. The highest BCUT2D eigenvalue weighted by molar-refractivity contribution is 7.89. The van der Waals surface area contributed by atoms with Crippen molar-refractivity contribution in [2.75, 3.05) is 44.2 Å². The second kappa shape index (κ2) is 10.7. The van der Waals surface area contributed by atoms with E-state index in [1.54, 1.807) is 36.4 Å². The van der Waals surface area contributed by atoms with Crippen molar-refractivity contribution in [2.45, 2.75) is 31.1 Å². The SMILES string of the molecule is CCOc1ccc(S(=O)(=O)N2CCC(C(=O)NCC3CCN(c4ccc(F)cc4)C3)CC2)cc1. The monoisotopic (exact) mass is 489 g/mol. The molecular weight excluding hydrogens is 457 g/mol. The highest BCUT2D eigenvalue weighted by atomic mass is 32.2. The Morgan fingerprint density at radius 1 is 1.03 bits per heavy atom. The van der Waals surface area contributed by atoms with Crippen molar-refractivity contribution in [2.24, 2.45) is 11.8 Å². The molecule has 2 aliphatic rings. The molecule has 2 aromatic rings. The van der Waals surface area contributed by atoms with Gasteiger partial charge in [-0.25, -0.2) is 12.8 Å². The Balaban J connectivity index is 1.23. The van der Waals surface area contributed by atoms with Gasteiger partial charge in [0.1, 0.15) is 11.6 Å². The molecule has 0 spiro atoms. The molecule has 2 saturated heterocycles. The molecule has 2 aromatic carbocycles. The van der Waals surface area contributed by atoms with Gasteiger partial charge in [0, 0.05) is 44.3 Å². The van der Waals surface area contributed by atoms with Crippen LogP contribution in [0, 0.1) is 17.7 Å². The van der Waals surface area contributed by atoms with E-state index in [9.17, 15) is 17.6 Å². The number of carbonyl (C=O) groups excluding carboxylic acids is 1. The molecule has 0 aromatic heterocycles. The summed E-state index contributed by atoms with van der Waals surface area (Å²) in [4.78, 5) is 15.2. The summed E-state index contributed by atoms with van der Waals surface area (Å²) in [5.41, 5.74) is 0.997. The van der Waals surface area contributed by atoms with Crippen LogP contribution in [0.25, 0.3) is 0 Å². The van der Waals surface area contributed by atoms with Crippen LogP contribution in [0.2, 0.25) is 0 Å². The number of hydrogen-bond acceptors (Lipinski definition) is 5. The lowest BCUT2D eigenvalue weighted by Crippen LogP contribution is -2.43. The molecule has 2 heterocycles. The van der Waals surface area contributed by atoms with Gasteiger partial charge in [0.05, 0.1) is 11.5 Å². The summed E-state index contributed by atoms with van der Waals surface area (Å²) in [6.07, 6.45) is 1.99. The van der Waals surface area contributed by atoms with Gasteiger partial charge in [-0.1, -0.05) is 0 Å². The van der Waals surface area contributed by atoms with Crippen LogP contribution < -0.4 is 15.0 Å².